The highest BCUT2D eigenvalue weighted by atomic mass is 32.1. The van der Waals surface area contributed by atoms with Crippen LogP contribution in [0.5, 0.6) is 11.5 Å². The highest BCUT2D eigenvalue weighted by Gasteiger charge is 2.13. The quantitative estimate of drug-likeness (QED) is 0.528. The van der Waals surface area contributed by atoms with Crippen molar-refractivity contribution in [3.8, 4) is 22.2 Å². The summed E-state index contributed by atoms with van der Waals surface area (Å²) in [6.45, 7) is 1.03. The summed E-state index contributed by atoms with van der Waals surface area (Å²) in [5, 5.41) is 2.73. The highest BCUT2D eigenvalue weighted by Crippen LogP contribution is 2.31. The second-order valence-electron chi connectivity index (χ2n) is 5.35. The largest absolute Gasteiger partial charge is 0.486 e. The molecule has 0 atom stereocenters. The monoisotopic (exact) mass is 350 g/mol. The van der Waals surface area contributed by atoms with Crippen LogP contribution in [-0.2, 0) is 0 Å². The fourth-order valence-electron chi connectivity index (χ4n) is 2.42. The number of benzene rings is 1. The standard InChI is InChI=1S/C19H14N2O3S/c22-16(13-4-7-17-18(11-13)24-10-9-23-17)6-5-14-12-25-19(21-14)15-3-1-2-8-20-15/h1-8,11-12H,9-10H2/b6-5+. The molecule has 124 valence electrons. The zero-order valence-electron chi connectivity index (χ0n) is 13.2. The van der Waals surface area contributed by atoms with Crippen LogP contribution in [0.1, 0.15) is 16.1 Å². The molecule has 6 heteroatoms. The van der Waals surface area contributed by atoms with Crippen LogP contribution in [0.25, 0.3) is 16.8 Å². The first-order valence-corrected chi connectivity index (χ1v) is 8.66. The van der Waals surface area contributed by atoms with E-state index in [1.807, 2.05) is 23.6 Å². The zero-order valence-corrected chi connectivity index (χ0v) is 14.0. The number of thiazole rings is 1. The first kappa shape index (κ1) is 15.5. The van der Waals surface area contributed by atoms with Crippen LogP contribution in [0, 0.1) is 0 Å². The Kier molecular flexibility index (Phi) is 4.26. The predicted octanol–water partition coefficient (Wildman–Crippen LogP) is 3.87. The van der Waals surface area contributed by atoms with Gasteiger partial charge in [0.25, 0.3) is 0 Å². The first-order chi connectivity index (χ1) is 12.3. The van der Waals surface area contributed by atoms with E-state index in [4.69, 9.17) is 9.47 Å². The van der Waals surface area contributed by atoms with Gasteiger partial charge in [0, 0.05) is 17.1 Å². The summed E-state index contributed by atoms with van der Waals surface area (Å²) >= 11 is 1.50. The molecular weight excluding hydrogens is 336 g/mol. The average Bonchev–Trinajstić information content (AvgIpc) is 3.15. The summed E-state index contributed by atoms with van der Waals surface area (Å²) in [4.78, 5) is 21.1. The normalized spacial score (nSPS) is 13.1. The minimum atomic E-state index is -0.107. The Morgan fingerprint density at radius 2 is 2.00 bits per heavy atom. The van der Waals surface area contributed by atoms with Gasteiger partial charge in [0.15, 0.2) is 17.3 Å². The van der Waals surface area contributed by atoms with Gasteiger partial charge >= 0.3 is 0 Å². The molecule has 0 bridgehead atoms. The van der Waals surface area contributed by atoms with E-state index < -0.39 is 0 Å². The Hall–Kier alpha value is -2.99. The lowest BCUT2D eigenvalue weighted by Gasteiger charge is -2.18. The average molecular weight is 350 g/mol. The number of nitrogens with zero attached hydrogens (tertiary/aromatic N) is 2. The predicted molar refractivity (Wildman–Crippen MR) is 96.1 cm³/mol. The molecule has 0 fully saturated rings. The third-order valence-corrected chi connectivity index (χ3v) is 4.52. The summed E-state index contributed by atoms with van der Waals surface area (Å²) in [7, 11) is 0. The zero-order chi connectivity index (χ0) is 17.1. The summed E-state index contributed by atoms with van der Waals surface area (Å²) in [5.41, 5.74) is 2.11. The van der Waals surface area contributed by atoms with E-state index in [1.54, 1.807) is 30.5 Å². The Bertz CT molecular complexity index is 935. The molecule has 3 aromatic rings. The van der Waals surface area contributed by atoms with Crippen molar-refractivity contribution in [3.63, 3.8) is 0 Å². The minimum absolute atomic E-state index is 0.107. The van der Waals surface area contributed by atoms with Crippen molar-refractivity contribution >= 4 is 23.2 Å². The van der Waals surface area contributed by atoms with Crippen molar-refractivity contribution in [1.82, 2.24) is 9.97 Å². The molecule has 5 nitrogen and oxygen atoms in total. The van der Waals surface area contributed by atoms with Crippen LogP contribution in [0.3, 0.4) is 0 Å². The van der Waals surface area contributed by atoms with Gasteiger partial charge in [-0.05, 0) is 42.5 Å². The smallest absolute Gasteiger partial charge is 0.186 e. The number of pyridine rings is 1. The molecule has 0 unspecified atom stereocenters. The molecule has 1 aliphatic rings. The molecule has 0 saturated carbocycles. The van der Waals surface area contributed by atoms with E-state index in [0.29, 0.717) is 30.3 Å². The molecule has 0 spiro atoms. The number of fused-ring (bicyclic) bond motifs is 1. The molecule has 25 heavy (non-hydrogen) atoms. The molecule has 2 aromatic heterocycles. The SMILES string of the molecule is O=C(/C=C/c1csc(-c2ccccn2)n1)c1ccc2c(c1)OCCO2. The second-order valence-corrected chi connectivity index (χ2v) is 6.21. The van der Waals surface area contributed by atoms with Crippen LogP contribution < -0.4 is 9.47 Å². The van der Waals surface area contributed by atoms with Crippen LogP contribution in [0.15, 0.2) is 54.1 Å². The lowest BCUT2D eigenvalue weighted by molar-refractivity contribution is 0.104. The van der Waals surface area contributed by atoms with Gasteiger partial charge in [-0.1, -0.05) is 6.07 Å². The van der Waals surface area contributed by atoms with Gasteiger partial charge in [0.2, 0.25) is 0 Å². The van der Waals surface area contributed by atoms with Gasteiger partial charge in [-0.15, -0.1) is 11.3 Å². The van der Waals surface area contributed by atoms with E-state index in [0.717, 1.165) is 16.4 Å². The summed E-state index contributed by atoms with van der Waals surface area (Å²) in [5.74, 6) is 1.17. The number of aromatic nitrogens is 2. The second kappa shape index (κ2) is 6.86. The van der Waals surface area contributed by atoms with E-state index in [1.165, 1.54) is 17.4 Å². The third-order valence-electron chi connectivity index (χ3n) is 3.64. The minimum Gasteiger partial charge on any atom is -0.486 e. The molecular formula is C19H14N2O3S. The number of hydrogen-bond acceptors (Lipinski definition) is 6. The number of carbonyl (C=O) groups excluding carboxylic acids is 1. The summed E-state index contributed by atoms with van der Waals surface area (Å²) in [6, 6.07) is 10.9. The molecule has 0 saturated heterocycles. The lowest BCUT2D eigenvalue weighted by atomic mass is 10.1. The van der Waals surface area contributed by atoms with Crippen molar-refractivity contribution in [2.45, 2.75) is 0 Å². The molecule has 0 amide bonds. The van der Waals surface area contributed by atoms with E-state index >= 15 is 0 Å². The molecule has 1 aromatic carbocycles. The Morgan fingerprint density at radius 3 is 2.84 bits per heavy atom. The third kappa shape index (κ3) is 3.44. The maximum atomic E-state index is 12.4. The fourth-order valence-corrected chi connectivity index (χ4v) is 3.19. The Morgan fingerprint density at radius 1 is 1.12 bits per heavy atom. The number of allylic oxidation sites excluding steroid dienone is 1. The van der Waals surface area contributed by atoms with Crippen molar-refractivity contribution in [1.29, 1.82) is 0 Å². The number of hydrogen-bond donors (Lipinski definition) is 0. The van der Waals surface area contributed by atoms with Gasteiger partial charge in [0.1, 0.15) is 18.2 Å². The number of rotatable bonds is 4. The van der Waals surface area contributed by atoms with Crippen LogP contribution in [-0.4, -0.2) is 29.0 Å². The van der Waals surface area contributed by atoms with Crippen molar-refractivity contribution in [2.75, 3.05) is 13.2 Å². The van der Waals surface area contributed by atoms with Crippen molar-refractivity contribution < 1.29 is 14.3 Å². The van der Waals surface area contributed by atoms with E-state index in [2.05, 4.69) is 9.97 Å². The van der Waals surface area contributed by atoms with Crippen LogP contribution in [0.2, 0.25) is 0 Å². The molecule has 4 rings (SSSR count). The topological polar surface area (TPSA) is 61.3 Å². The molecule has 1 aliphatic heterocycles. The van der Waals surface area contributed by atoms with Gasteiger partial charge in [-0.2, -0.15) is 0 Å². The molecule has 0 radical (unpaired) electrons. The lowest BCUT2D eigenvalue weighted by Crippen LogP contribution is -2.15. The number of ketones is 1. The fraction of sp³-hybridized carbons (Fsp3) is 0.105. The maximum absolute atomic E-state index is 12.4. The number of ether oxygens (including phenoxy) is 2. The maximum Gasteiger partial charge on any atom is 0.186 e. The summed E-state index contributed by atoms with van der Waals surface area (Å²) < 4.78 is 11.0. The summed E-state index contributed by atoms with van der Waals surface area (Å²) in [6.07, 6.45) is 4.96. The van der Waals surface area contributed by atoms with Gasteiger partial charge in [-0.3, -0.25) is 9.78 Å². The van der Waals surface area contributed by atoms with Gasteiger partial charge in [0.05, 0.1) is 11.4 Å². The Labute approximate surface area is 148 Å². The Balaban J connectivity index is 1.50. The highest BCUT2D eigenvalue weighted by molar-refractivity contribution is 7.13. The molecule has 0 N–H and O–H groups in total. The van der Waals surface area contributed by atoms with E-state index in [9.17, 15) is 4.79 Å². The van der Waals surface area contributed by atoms with E-state index in [-0.39, 0.29) is 5.78 Å². The van der Waals surface area contributed by atoms with Gasteiger partial charge < -0.3 is 9.47 Å². The number of carbonyl (C=O) groups is 1. The van der Waals surface area contributed by atoms with Crippen molar-refractivity contribution in [3.05, 3.63) is 65.3 Å². The van der Waals surface area contributed by atoms with Crippen LogP contribution >= 0.6 is 11.3 Å². The van der Waals surface area contributed by atoms with Crippen molar-refractivity contribution in [2.24, 2.45) is 0 Å². The molecule has 0 aliphatic carbocycles. The molecule has 3 heterocycles. The first-order valence-electron chi connectivity index (χ1n) is 7.78. The van der Waals surface area contributed by atoms with Gasteiger partial charge in [-0.25, -0.2) is 4.98 Å². The van der Waals surface area contributed by atoms with Crippen LogP contribution in [0.4, 0.5) is 0 Å².